The number of rotatable bonds is 6. The first-order chi connectivity index (χ1) is 11.5. The minimum Gasteiger partial charge on any atom is -0.382 e. The molecule has 4 nitrogen and oxygen atoms in total. The molecule has 2 aromatic carbocycles. The maximum Gasteiger partial charge on any atom is 0.251 e. The molecule has 5 heteroatoms. The number of methoxy groups -OCH3 is 1. The molecule has 0 spiro atoms. The van der Waals surface area contributed by atoms with Gasteiger partial charge in [0.1, 0.15) is 11.9 Å². The van der Waals surface area contributed by atoms with Crippen molar-refractivity contribution in [1.29, 1.82) is 5.26 Å². The molecule has 0 aromatic heterocycles. The maximum atomic E-state index is 13.4. The Balaban J connectivity index is 2.14. The van der Waals surface area contributed by atoms with E-state index in [1.165, 1.54) is 12.1 Å². The van der Waals surface area contributed by atoms with Gasteiger partial charge in [-0.15, -0.1) is 0 Å². The number of hydrogen-bond donors (Lipinski definition) is 1. The van der Waals surface area contributed by atoms with E-state index in [1.54, 1.807) is 31.4 Å². The predicted molar refractivity (Wildman–Crippen MR) is 90.0 cm³/mol. The lowest BCUT2D eigenvalue weighted by Gasteiger charge is -2.11. The van der Waals surface area contributed by atoms with Crippen molar-refractivity contribution in [2.24, 2.45) is 0 Å². The number of nitrogens with zero attached hydrogens (tertiary/aromatic N) is 1. The van der Waals surface area contributed by atoms with Crippen LogP contribution >= 0.6 is 0 Å². The Morgan fingerprint density at radius 3 is 2.75 bits per heavy atom. The van der Waals surface area contributed by atoms with Gasteiger partial charge in [-0.05, 0) is 48.7 Å². The van der Waals surface area contributed by atoms with Crippen molar-refractivity contribution in [3.8, 4) is 17.2 Å². The third kappa shape index (κ3) is 4.40. The number of nitriles is 1. The summed E-state index contributed by atoms with van der Waals surface area (Å²) >= 11 is 0. The van der Waals surface area contributed by atoms with Crippen molar-refractivity contribution >= 4 is 5.91 Å². The van der Waals surface area contributed by atoms with E-state index in [0.29, 0.717) is 17.7 Å². The van der Waals surface area contributed by atoms with Gasteiger partial charge in [-0.1, -0.05) is 18.2 Å². The molecule has 1 N–H and O–H groups in total. The zero-order chi connectivity index (χ0) is 17.5. The topological polar surface area (TPSA) is 62.1 Å². The number of amides is 1. The molecule has 0 saturated heterocycles. The smallest absolute Gasteiger partial charge is 0.251 e. The van der Waals surface area contributed by atoms with Crippen molar-refractivity contribution in [3.05, 3.63) is 59.4 Å². The number of hydrogen-bond acceptors (Lipinski definition) is 3. The molecule has 0 radical (unpaired) electrons. The Bertz CT molecular complexity index is 768. The predicted octanol–water partition coefficient (Wildman–Crippen LogP) is 3.52. The second kappa shape index (κ2) is 8.23. The summed E-state index contributed by atoms with van der Waals surface area (Å²) in [5.74, 6) is -0.731. The summed E-state index contributed by atoms with van der Waals surface area (Å²) in [6.45, 7) is 2.46. The van der Waals surface area contributed by atoms with E-state index in [4.69, 9.17) is 10.00 Å². The lowest BCUT2D eigenvalue weighted by Crippen LogP contribution is -2.26. The highest BCUT2D eigenvalue weighted by Crippen LogP contribution is 2.23. The summed E-state index contributed by atoms with van der Waals surface area (Å²) in [4.78, 5) is 12.2. The van der Waals surface area contributed by atoms with E-state index < -0.39 is 5.82 Å². The third-order valence-corrected chi connectivity index (χ3v) is 3.78. The van der Waals surface area contributed by atoms with Gasteiger partial charge in [-0.3, -0.25) is 4.79 Å². The summed E-state index contributed by atoms with van der Waals surface area (Å²) in [5, 5.41) is 11.8. The van der Waals surface area contributed by atoms with Gasteiger partial charge in [0.15, 0.2) is 0 Å². The lowest BCUT2D eigenvalue weighted by molar-refractivity contribution is 0.0918. The fraction of sp³-hybridized carbons (Fsp3) is 0.263. The molecule has 2 aromatic rings. The largest absolute Gasteiger partial charge is 0.382 e. The minimum atomic E-state index is -0.553. The molecule has 0 saturated carbocycles. The summed E-state index contributed by atoms with van der Waals surface area (Å²) in [6, 6.07) is 13.2. The van der Waals surface area contributed by atoms with E-state index >= 15 is 0 Å². The number of benzene rings is 2. The summed E-state index contributed by atoms with van der Waals surface area (Å²) in [5.41, 5.74) is 1.94. The van der Waals surface area contributed by atoms with Crippen LogP contribution in [0.2, 0.25) is 0 Å². The number of carbonyl (C=O) groups excluding carboxylic acids is 1. The average molecular weight is 326 g/mol. The molecule has 0 fully saturated rings. The molecule has 0 heterocycles. The van der Waals surface area contributed by atoms with Gasteiger partial charge in [0, 0.05) is 19.2 Å². The van der Waals surface area contributed by atoms with Crippen molar-refractivity contribution in [2.75, 3.05) is 13.7 Å². The van der Waals surface area contributed by atoms with Crippen LogP contribution in [0.5, 0.6) is 0 Å². The Morgan fingerprint density at radius 1 is 1.29 bits per heavy atom. The minimum absolute atomic E-state index is 0.0177. The Morgan fingerprint density at radius 2 is 2.04 bits per heavy atom. The number of ether oxygens (including phenoxy) is 1. The fourth-order valence-corrected chi connectivity index (χ4v) is 2.24. The second-order valence-electron chi connectivity index (χ2n) is 5.48. The fourth-order valence-electron chi connectivity index (χ4n) is 2.24. The van der Waals surface area contributed by atoms with Crippen LogP contribution in [0, 0.1) is 17.1 Å². The molecule has 2 rings (SSSR count). The van der Waals surface area contributed by atoms with Gasteiger partial charge in [0.25, 0.3) is 5.91 Å². The van der Waals surface area contributed by atoms with Gasteiger partial charge in [0.05, 0.1) is 11.7 Å². The molecular formula is C19H19FN2O2. The normalized spacial score (nSPS) is 11.6. The maximum absolute atomic E-state index is 13.4. The van der Waals surface area contributed by atoms with Crippen molar-refractivity contribution < 1.29 is 13.9 Å². The van der Waals surface area contributed by atoms with E-state index in [0.717, 1.165) is 12.0 Å². The van der Waals surface area contributed by atoms with Crippen LogP contribution in [0.3, 0.4) is 0 Å². The quantitative estimate of drug-likeness (QED) is 0.883. The molecule has 0 aliphatic carbocycles. The first kappa shape index (κ1) is 17.6. The lowest BCUT2D eigenvalue weighted by atomic mass is 10.0. The zero-order valence-electron chi connectivity index (χ0n) is 13.7. The number of halogens is 1. The van der Waals surface area contributed by atoms with Gasteiger partial charge in [0.2, 0.25) is 0 Å². The van der Waals surface area contributed by atoms with Crippen LogP contribution in [-0.4, -0.2) is 25.7 Å². The molecule has 0 bridgehead atoms. The molecular weight excluding hydrogens is 307 g/mol. The number of carbonyl (C=O) groups is 1. The first-order valence-corrected chi connectivity index (χ1v) is 7.66. The Kier molecular flexibility index (Phi) is 6.05. The van der Waals surface area contributed by atoms with Crippen LogP contribution in [0.25, 0.3) is 11.1 Å². The average Bonchev–Trinajstić information content (AvgIpc) is 2.61. The monoisotopic (exact) mass is 326 g/mol. The molecule has 0 aliphatic rings. The summed E-state index contributed by atoms with van der Waals surface area (Å²) in [7, 11) is 1.63. The molecule has 0 unspecified atom stereocenters. The molecule has 1 amide bonds. The molecule has 124 valence electrons. The second-order valence-corrected chi connectivity index (χ2v) is 5.48. The highest BCUT2D eigenvalue weighted by Gasteiger charge is 2.09. The third-order valence-electron chi connectivity index (χ3n) is 3.78. The molecule has 24 heavy (non-hydrogen) atoms. The first-order valence-electron chi connectivity index (χ1n) is 7.66. The van der Waals surface area contributed by atoms with Crippen molar-refractivity contribution in [2.45, 2.75) is 19.4 Å². The Hall–Kier alpha value is -2.71. The van der Waals surface area contributed by atoms with Gasteiger partial charge in [-0.2, -0.15) is 5.26 Å². The van der Waals surface area contributed by atoms with Crippen LogP contribution in [0.4, 0.5) is 4.39 Å². The van der Waals surface area contributed by atoms with Crippen LogP contribution in [-0.2, 0) is 4.74 Å². The van der Waals surface area contributed by atoms with E-state index in [2.05, 4.69) is 5.32 Å². The van der Waals surface area contributed by atoms with E-state index in [1.807, 2.05) is 19.1 Å². The van der Waals surface area contributed by atoms with Crippen molar-refractivity contribution in [1.82, 2.24) is 5.32 Å². The van der Waals surface area contributed by atoms with Crippen LogP contribution in [0.1, 0.15) is 29.3 Å². The van der Waals surface area contributed by atoms with Gasteiger partial charge >= 0.3 is 0 Å². The van der Waals surface area contributed by atoms with Crippen LogP contribution in [0.15, 0.2) is 42.5 Å². The van der Waals surface area contributed by atoms with Gasteiger partial charge < -0.3 is 10.1 Å². The Labute approximate surface area is 140 Å². The van der Waals surface area contributed by atoms with Crippen molar-refractivity contribution in [3.63, 3.8) is 0 Å². The molecule has 0 aliphatic heterocycles. The highest BCUT2D eigenvalue weighted by molar-refractivity contribution is 5.95. The van der Waals surface area contributed by atoms with Crippen LogP contribution < -0.4 is 5.32 Å². The zero-order valence-corrected chi connectivity index (χ0v) is 13.7. The SMILES string of the molecule is CO[C@H](C)CCNC(=O)c1cccc(-c2ccc(F)c(C#N)c2)c1. The highest BCUT2D eigenvalue weighted by atomic mass is 19.1. The summed E-state index contributed by atoms with van der Waals surface area (Å²) < 4.78 is 18.6. The number of nitrogens with one attached hydrogen (secondary N) is 1. The van der Waals surface area contributed by atoms with E-state index in [9.17, 15) is 9.18 Å². The van der Waals surface area contributed by atoms with Gasteiger partial charge in [-0.25, -0.2) is 4.39 Å². The summed E-state index contributed by atoms with van der Waals surface area (Å²) in [6.07, 6.45) is 0.811. The molecule has 1 atom stereocenters. The standard InChI is InChI=1S/C19H19FN2O2/c1-13(24-2)8-9-22-19(23)16-5-3-4-14(10-16)15-6-7-18(20)17(11-15)12-21/h3-7,10-11,13H,8-9H2,1-2H3,(H,22,23)/t13-/m1/s1. The van der Waals surface area contributed by atoms with E-state index in [-0.39, 0.29) is 17.6 Å².